The van der Waals surface area contributed by atoms with Gasteiger partial charge >= 0.3 is 0 Å². The number of nitrogens with one attached hydrogen (secondary N) is 1. The maximum absolute atomic E-state index is 15.2. The largest absolute Gasteiger partial charge is 0.487 e. The summed E-state index contributed by atoms with van der Waals surface area (Å²) in [5.74, 6) is -2.51. The first-order chi connectivity index (χ1) is 14.2. The number of hydrogen-bond acceptors (Lipinski definition) is 4. The van der Waals surface area contributed by atoms with E-state index < -0.39 is 32.1 Å². The first kappa shape index (κ1) is 21.6. The van der Waals surface area contributed by atoms with Gasteiger partial charge in [0.25, 0.3) is 0 Å². The Morgan fingerprint density at radius 2 is 1.97 bits per heavy atom. The fourth-order valence-corrected chi connectivity index (χ4v) is 6.69. The van der Waals surface area contributed by atoms with Crippen molar-refractivity contribution in [1.29, 1.82) is 0 Å². The van der Waals surface area contributed by atoms with Crippen LogP contribution in [-0.4, -0.2) is 26.8 Å². The molecule has 5 nitrogen and oxygen atoms in total. The van der Waals surface area contributed by atoms with Crippen LogP contribution in [0.3, 0.4) is 0 Å². The standard InChI is InChI=1S/C20H18ClF2IN2O3S/c1-25-18-16-11-14(22)17(23)19(18)26(15-5-4-12(24)10-13(15)21)30(27,28)20(7-8-20)6-2-3-9-29-16/h2-5,10-11,25H,6-9H2,1H3/b3-2+. The van der Waals surface area contributed by atoms with E-state index in [1.54, 1.807) is 24.3 Å². The van der Waals surface area contributed by atoms with Crippen LogP contribution in [0.1, 0.15) is 19.3 Å². The highest BCUT2D eigenvalue weighted by Crippen LogP contribution is 2.54. The van der Waals surface area contributed by atoms with Crippen LogP contribution in [0, 0.1) is 15.2 Å². The van der Waals surface area contributed by atoms with E-state index in [-0.39, 0.29) is 35.2 Å². The van der Waals surface area contributed by atoms with Gasteiger partial charge in [-0.05, 0) is 60.1 Å². The van der Waals surface area contributed by atoms with E-state index in [2.05, 4.69) is 5.32 Å². The maximum Gasteiger partial charge on any atom is 0.245 e. The molecule has 1 aliphatic heterocycles. The van der Waals surface area contributed by atoms with E-state index in [1.807, 2.05) is 22.6 Å². The smallest absolute Gasteiger partial charge is 0.245 e. The second-order valence-corrected chi connectivity index (χ2v) is 11.0. The number of rotatable bonds is 2. The topological polar surface area (TPSA) is 58.6 Å². The summed E-state index contributed by atoms with van der Waals surface area (Å²) in [6, 6.07) is 5.64. The lowest BCUT2D eigenvalue weighted by molar-refractivity contribution is 0.360. The molecule has 4 rings (SSSR count). The summed E-state index contributed by atoms with van der Waals surface area (Å²) in [6.07, 6.45) is 4.49. The lowest BCUT2D eigenvalue weighted by Gasteiger charge is -2.31. The molecule has 0 amide bonds. The zero-order chi connectivity index (χ0) is 21.7. The molecule has 1 aliphatic carbocycles. The number of sulfonamides is 1. The third-order valence-electron chi connectivity index (χ3n) is 5.33. The number of allylic oxidation sites excluding steroid dienone is 1. The number of benzene rings is 2. The second kappa shape index (κ2) is 7.83. The van der Waals surface area contributed by atoms with Gasteiger partial charge in [-0.1, -0.05) is 23.8 Å². The molecule has 1 spiro atoms. The van der Waals surface area contributed by atoms with Crippen molar-refractivity contribution in [3.8, 4) is 5.75 Å². The second-order valence-electron chi connectivity index (χ2n) is 7.18. The molecule has 1 fully saturated rings. The van der Waals surface area contributed by atoms with Crippen LogP contribution in [0.15, 0.2) is 36.4 Å². The van der Waals surface area contributed by atoms with E-state index in [1.165, 1.54) is 13.1 Å². The number of halogens is 4. The fraction of sp³-hybridized carbons (Fsp3) is 0.300. The number of anilines is 3. The van der Waals surface area contributed by atoms with E-state index in [9.17, 15) is 12.8 Å². The van der Waals surface area contributed by atoms with Crippen molar-refractivity contribution in [3.63, 3.8) is 0 Å². The molecule has 0 radical (unpaired) electrons. The SMILES string of the molecule is CNc1c2cc(F)c(F)c1N(c1ccc(I)cc1Cl)S(=O)(=O)C1(C/C=C/CO2)CC1. The van der Waals surface area contributed by atoms with Crippen LogP contribution >= 0.6 is 34.2 Å². The van der Waals surface area contributed by atoms with Gasteiger partial charge in [-0.3, -0.25) is 0 Å². The van der Waals surface area contributed by atoms with Gasteiger partial charge in [0, 0.05) is 16.7 Å². The Bertz CT molecular complexity index is 1150. The average molecular weight is 567 g/mol. The maximum atomic E-state index is 15.2. The van der Waals surface area contributed by atoms with Gasteiger partial charge in [0.15, 0.2) is 11.6 Å². The van der Waals surface area contributed by atoms with Crippen molar-refractivity contribution in [2.24, 2.45) is 0 Å². The number of hydrogen-bond donors (Lipinski definition) is 1. The third kappa shape index (κ3) is 3.44. The minimum Gasteiger partial charge on any atom is -0.487 e. The molecule has 1 saturated carbocycles. The molecule has 0 atom stereocenters. The van der Waals surface area contributed by atoms with E-state index in [0.29, 0.717) is 12.8 Å². The van der Waals surface area contributed by atoms with E-state index in [4.69, 9.17) is 16.3 Å². The summed E-state index contributed by atoms with van der Waals surface area (Å²) in [5.41, 5.74) is -0.388. The Kier molecular flexibility index (Phi) is 5.65. The molecule has 10 heteroatoms. The zero-order valence-corrected chi connectivity index (χ0v) is 19.6. The molecule has 160 valence electrons. The van der Waals surface area contributed by atoms with Gasteiger partial charge in [0.1, 0.15) is 23.7 Å². The molecule has 0 aromatic heterocycles. The Hall–Kier alpha value is -1.59. The summed E-state index contributed by atoms with van der Waals surface area (Å²) in [4.78, 5) is 0. The Morgan fingerprint density at radius 3 is 2.60 bits per heavy atom. The van der Waals surface area contributed by atoms with Crippen LogP contribution < -0.4 is 14.4 Å². The summed E-state index contributed by atoms with van der Waals surface area (Å²) >= 11 is 8.45. The normalized spacial score (nSPS) is 20.2. The van der Waals surface area contributed by atoms with Crippen molar-refractivity contribution < 1.29 is 21.9 Å². The van der Waals surface area contributed by atoms with Gasteiger partial charge in [-0.25, -0.2) is 21.5 Å². The van der Waals surface area contributed by atoms with Gasteiger partial charge in [-0.2, -0.15) is 0 Å². The molecule has 2 aliphatic rings. The first-order valence-electron chi connectivity index (χ1n) is 9.19. The van der Waals surface area contributed by atoms with Gasteiger partial charge in [0.05, 0.1) is 15.5 Å². The first-order valence-corrected chi connectivity index (χ1v) is 12.1. The van der Waals surface area contributed by atoms with Crippen LogP contribution in [0.5, 0.6) is 5.75 Å². The molecule has 1 heterocycles. The van der Waals surface area contributed by atoms with E-state index >= 15 is 4.39 Å². The van der Waals surface area contributed by atoms with Crippen LogP contribution in [0.25, 0.3) is 0 Å². The number of nitrogens with zero attached hydrogens (tertiary/aromatic N) is 1. The molecule has 0 saturated heterocycles. The lowest BCUT2D eigenvalue weighted by Crippen LogP contribution is -2.38. The summed E-state index contributed by atoms with van der Waals surface area (Å²) < 4.78 is 63.7. The van der Waals surface area contributed by atoms with Crippen molar-refractivity contribution in [2.75, 3.05) is 23.3 Å². The minimum absolute atomic E-state index is 0.00429. The zero-order valence-electron chi connectivity index (χ0n) is 15.9. The Balaban J connectivity index is 2.10. The van der Waals surface area contributed by atoms with Crippen LogP contribution in [0.2, 0.25) is 5.02 Å². The molecular formula is C20H18ClF2IN2O3S. The predicted octanol–water partition coefficient (Wildman–Crippen LogP) is 5.60. The van der Waals surface area contributed by atoms with Crippen molar-refractivity contribution >= 4 is 61.3 Å². The average Bonchev–Trinajstić information content (AvgIpc) is 3.48. The Labute approximate surface area is 192 Å². The van der Waals surface area contributed by atoms with Crippen LogP contribution in [0.4, 0.5) is 25.8 Å². The van der Waals surface area contributed by atoms with Crippen molar-refractivity contribution in [1.82, 2.24) is 0 Å². The quantitative estimate of drug-likeness (QED) is 0.380. The molecular weight excluding hydrogens is 549 g/mol. The fourth-order valence-electron chi connectivity index (χ4n) is 3.56. The molecule has 0 unspecified atom stereocenters. The highest BCUT2D eigenvalue weighted by Gasteiger charge is 2.57. The van der Waals surface area contributed by atoms with Crippen molar-refractivity contribution in [2.45, 2.75) is 24.0 Å². The molecule has 30 heavy (non-hydrogen) atoms. The molecule has 2 aromatic rings. The minimum atomic E-state index is -4.17. The molecule has 2 bridgehead atoms. The third-order valence-corrected chi connectivity index (χ3v) is 8.83. The summed E-state index contributed by atoms with van der Waals surface area (Å²) in [6.45, 7) is 0.0968. The van der Waals surface area contributed by atoms with Crippen molar-refractivity contribution in [3.05, 3.63) is 56.6 Å². The monoisotopic (exact) mass is 566 g/mol. The molecule has 1 N–H and O–H groups in total. The summed E-state index contributed by atoms with van der Waals surface area (Å²) in [5, 5.41) is 2.89. The number of ether oxygens (including phenoxy) is 1. The highest BCUT2D eigenvalue weighted by atomic mass is 127. The molecule has 2 aromatic carbocycles. The lowest BCUT2D eigenvalue weighted by atomic mass is 10.2. The summed E-state index contributed by atoms with van der Waals surface area (Å²) in [7, 11) is -2.68. The van der Waals surface area contributed by atoms with Gasteiger partial charge in [0.2, 0.25) is 10.0 Å². The van der Waals surface area contributed by atoms with E-state index in [0.717, 1.165) is 13.9 Å². The van der Waals surface area contributed by atoms with Gasteiger partial charge in [-0.15, -0.1) is 0 Å². The van der Waals surface area contributed by atoms with Crippen LogP contribution in [-0.2, 0) is 10.0 Å². The predicted molar refractivity (Wildman–Crippen MR) is 122 cm³/mol. The number of fused-ring (bicyclic) bond motifs is 2. The van der Waals surface area contributed by atoms with Gasteiger partial charge < -0.3 is 10.1 Å². The Morgan fingerprint density at radius 1 is 1.23 bits per heavy atom. The highest BCUT2D eigenvalue weighted by molar-refractivity contribution is 14.1.